The highest BCUT2D eigenvalue weighted by Gasteiger charge is 2.28. The smallest absolute Gasteiger partial charge is 0.193 e. The molecule has 1 unspecified atom stereocenters. The van der Waals surface area contributed by atoms with Gasteiger partial charge in [0.15, 0.2) is 5.96 Å². The zero-order chi connectivity index (χ0) is 20.8. The zero-order valence-corrected chi connectivity index (χ0v) is 22.0. The van der Waals surface area contributed by atoms with Gasteiger partial charge in [-0.15, -0.1) is 24.0 Å². The first kappa shape index (κ1) is 25.1. The first-order valence-electron chi connectivity index (χ1n) is 11.8. The molecule has 1 aromatic carbocycles. The molecule has 0 aromatic heterocycles. The highest BCUT2D eigenvalue weighted by Crippen LogP contribution is 2.23. The van der Waals surface area contributed by atoms with Crippen molar-refractivity contribution >= 4 is 41.5 Å². The van der Waals surface area contributed by atoms with Gasteiger partial charge in [0.05, 0.1) is 0 Å². The maximum Gasteiger partial charge on any atom is 0.193 e. The molecule has 0 spiro atoms. The van der Waals surface area contributed by atoms with Crippen molar-refractivity contribution in [2.45, 2.75) is 38.6 Å². The predicted octanol–water partition coefficient (Wildman–Crippen LogP) is 4.16. The fourth-order valence-electron chi connectivity index (χ4n) is 5.29. The highest BCUT2D eigenvalue weighted by atomic mass is 127. The fraction of sp³-hybridized carbons (Fsp3) is 0.708. The summed E-state index contributed by atoms with van der Waals surface area (Å²) in [7, 11) is 1.93. The first-order valence-corrected chi connectivity index (χ1v) is 12.2. The van der Waals surface area contributed by atoms with Crippen LogP contribution in [0.2, 0.25) is 5.02 Å². The summed E-state index contributed by atoms with van der Waals surface area (Å²) in [5, 5.41) is 4.58. The largest absolute Gasteiger partial charge is 0.356 e. The third-order valence-corrected chi connectivity index (χ3v) is 7.49. The summed E-state index contributed by atoms with van der Waals surface area (Å²) in [6.07, 6.45) is 6.56. The van der Waals surface area contributed by atoms with Crippen LogP contribution in [0.25, 0.3) is 0 Å². The van der Waals surface area contributed by atoms with Crippen LogP contribution < -0.4 is 5.32 Å². The van der Waals surface area contributed by atoms with Crippen LogP contribution in [0.5, 0.6) is 0 Å². The average molecular weight is 560 g/mol. The molecule has 1 aromatic rings. The second-order valence-corrected chi connectivity index (χ2v) is 9.75. The maximum atomic E-state index is 6.34. The summed E-state index contributed by atoms with van der Waals surface area (Å²) in [6, 6.07) is 8.23. The minimum Gasteiger partial charge on any atom is -0.356 e. The highest BCUT2D eigenvalue weighted by molar-refractivity contribution is 14.0. The molecule has 5 nitrogen and oxygen atoms in total. The topological polar surface area (TPSA) is 34.1 Å². The van der Waals surface area contributed by atoms with Crippen LogP contribution in [0.3, 0.4) is 0 Å². The number of nitrogens with zero attached hydrogens (tertiary/aromatic N) is 4. The molecule has 3 heterocycles. The number of benzene rings is 1. The van der Waals surface area contributed by atoms with E-state index in [2.05, 4.69) is 37.1 Å². The van der Waals surface area contributed by atoms with Gasteiger partial charge in [0.25, 0.3) is 0 Å². The normalized spacial score (nSPS) is 23.9. The third-order valence-electron chi connectivity index (χ3n) is 7.12. The lowest BCUT2D eigenvalue weighted by Crippen LogP contribution is -2.44. The molecule has 3 aliphatic rings. The minimum absolute atomic E-state index is 0. The Labute approximate surface area is 210 Å². The number of hydrogen-bond donors (Lipinski definition) is 1. The number of nitrogens with one attached hydrogen (secondary N) is 1. The average Bonchev–Trinajstić information content (AvgIpc) is 3.44. The molecular weight excluding hydrogens is 521 g/mol. The number of piperidine rings is 1. The quantitative estimate of drug-likeness (QED) is 0.322. The maximum absolute atomic E-state index is 6.34. The molecule has 1 N–H and O–H groups in total. The van der Waals surface area contributed by atoms with E-state index in [9.17, 15) is 0 Å². The molecule has 4 rings (SSSR count). The monoisotopic (exact) mass is 559 g/mol. The van der Waals surface area contributed by atoms with Gasteiger partial charge in [-0.3, -0.25) is 9.89 Å². The lowest BCUT2D eigenvalue weighted by atomic mass is 9.96. The van der Waals surface area contributed by atoms with Gasteiger partial charge in [0.2, 0.25) is 0 Å². The Morgan fingerprint density at radius 2 is 1.71 bits per heavy atom. The van der Waals surface area contributed by atoms with Gasteiger partial charge in [-0.2, -0.15) is 0 Å². The number of halogens is 2. The van der Waals surface area contributed by atoms with Crippen LogP contribution in [-0.2, 0) is 6.54 Å². The van der Waals surface area contributed by atoms with Gasteiger partial charge in [-0.05, 0) is 81.7 Å². The molecule has 3 fully saturated rings. The second-order valence-electron chi connectivity index (χ2n) is 9.35. The molecule has 3 aliphatic heterocycles. The van der Waals surface area contributed by atoms with Gasteiger partial charge in [-0.25, -0.2) is 0 Å². The van der Waals surface area contributed by atoms with Gasteiger partial charge in [-0.1, -0.05) is 29.8 Å². The Hall–Kier alpha value is -0.570. The van der Waals surface area contributed by atoms with Crippen molar-refractivity contribution < 1.29 is 0 Å². The summed E-state index contributed by atoms with van der Waals surface area (Å²) in [5.41, 5.74) is 1.24. The summed E-state index contributed by atoms with van der Waals surface area (Å²) in [4.78, 5) is 12.3. The molecule has 0 aliphatic carbocycles. The Morgan fingerprint density at radius 3 is 2.42 bits per heavy atom. The van der Waals surface area contributed by atoms with Crippen molar-refractivity contribution in [1.29, 1.82) is 0 Å². The Morgan fingerprint density at radius 1 is 1.00 bits per heavy atom. The van der Waals surface area contributed by atoms with Crippen LogP contribution in [0, 0.1) is 11.8 Å². The van der Waals surface area contributed by atoms with E-state index in [1.165, 1.54) is 57.3 Å². The van der Waals surface area contributed by atoms with Gasteiger partial charge >= 0.3 is 0 Å². The number of rotatable bonds is 6. The molecular formula is C24H39ClIN5. The summed E-state index contributed by atoms with van der Waals surface area (Å²) >= 11 is 6.34. The van der Waals surface area contributed by atoms with Crippen LogP contribution in [0.15, 0.2) is 29.3 Å². The Bertz CT molecular complexity index is 701. The third kappa shape index (κ3) is 7.21. The fourth-order valence-corrected chi connectivity index (χ4v) is 5.48. The van der Waals surface area contributed by atoms with E-state index in [4.69, 9.17) is 11.6 Å². The number of hydrogen-bond acceptors (Lipinski definition) is 3. The Balaban J connectivity index is 0.00000272. The van der Waals surface area contributed by atoms with Crippen molar-refractivity contribution in [3.63, 3.8) is 0 Å². The van der Waals surface area contributed by atoms with Crippen molar-refractivity contribution in [3.8, 4) is 0 Å². The van der Waals surface area contributed by atoms with E-state index in [-0.39, 0.29) is 24.0 Å². The molecule has 31 heavy (non-hydrogen) atoms. The molecule has 0 radical (unpaired) electrons. The van der Waals surface area contributed by atoms with Gasteiger partial charge in [0, 0.05) is 44.8 Å². The molecule has 3 saturated heterocycles. The summed E-state index contributed by atoms with van der Waals surface area (Å²) in [6.45, 7) is 10.5. The van der Waals surface area contributed by atoms with Crippen molar-refractivity contribution in [2.24, 2.45) is 16.8 Å². The predicted molar refractivity (Wildman–Crippen MR) is 142 cm³/mol. The second kappa shape index (κ2) is 12.6. The number of aliphatic imine (C=N–C) groups is 1. The van der Waals surface area contributed by atoms with E-state index < -0.39 is 0 Å². The lowest BCUT2D eigenvalue weighted by Gasteiger charge is -2.33. The van der Waals surface area contributed by atoms with Crippen LogP contribution in [-0.4, -0.2) is 80.1 Å². The Kier molecular flexibility index (Phi) is 10.2. The number of guanidine groups is 1. The van der Waals surface area contributed by atoms with E-state index in [1.807, 2.05) is 19.2 Å². The summed E-state index contributed by atoms with van der Waals surface area (Å²) in [5.74, 6) is 2.64. The van der Waals surface area contributed by atoms with Gasteiger partial charge < -0.3 is 15.1 Å². The molecule has 0 amide bonds. The summed E-state index contributed by atoms with van der Waals surface area (Å²) < 4.78 is 0. The van der Waals surface area contributed by atoms with Crippen molar-refractivity contribution in [3.05, 3.63) is 34.9 Å². The minimum atomic E-state index is 0. The molecule has 0 bridgehead atoms. The molecule has 1 atom stereocenters. The first-order chi connectivity index (χ1) is 14.7. The van der Waals surface area contributed by atoms with Crippen LogP contribution in [0.4, 0.5) is 0 Å². The molecule has 174 valence electrons. The SMILES string of the molecule is CN=C(NCC1CCN(Cc2ccccc2Cl)CC1)N1CCC(CN2CCCC2)C1.I. The van der Waals surface area contributed by atoms with Crippen LogP contribution >= 0.6 is 35.6 Å². The van der Waals surface area contributed by atoms with Gasteiger partial charge in [0.1, 0.15) is 0 Å². The van der Waals surface area contributed by atoms with E-state index in [0.29, 0.717) is 0 Å². The van der Waals surface area contributed by atoms with Crippen LogP contribution in [0.1, 0.15) is 37.7 Å². The zero-order valence-electron chi connectivity index (χ0n) is 18.9. The molecule has 0 saturated carbocycles. The van der Waals surface area contributed by atoms with E-state index in [1.54, 1.807) is 0 Å². The molecule has 7 heteroatoms. The van der Waals surface area contributed by atoms with Crippen molar-refractivity contribution in [1.82, 2.24) is 20.0 Å². The van der Waals surface area contributed by atoms with E-state index in [0.717, 1.165) is 62.1 Å². The van der Waals surface area contributed by atoms with Crippen molar-refractivity contribution in [2.75, 3.05) is 59.4 Å². The standard InChI is InChI=1S/C24H38ClN5.HI/c1-26-24(30-15-10-21(18-30)17-28-11-4-5-12-28)27-16-20-8-13-29(14-9-20)19-22-6-2-3-7-23(22)25;/h2-3,6-7,20-21H,4-5,8-19H2,1H3,(H,26,27);1H. The lowest BCUT2D eigenvalue weighted by molar-refractivity contribution is 0.177. The number of likely N-dealkylation sites (tertiary alicyclic amines) is 3. The van der Waals surface area contributed by atoms with E-state index >= 15 is 0 Å².